The second-order valence-electron chi connectivity index (χ2n) is 5.25. The summed E-state index contributed by atoms with van der Waals surface area (Å²) in [4.78, 5) is 24.7. The Hall–Kier alpha value is -2.15. The van der Waals surface area contributed by atoms with Crippen molar-refractivity contribution in [3.8, 4) is 0 Å². The van der Waals surface area contributed by atoms with Gasteiger partial charge in [0.1, 0.15) is 5.82 Å². The molecular weight excluding hydrogens is 277 g/mol. The minimum atomic E-state index is -1.17. The summed E-state index contributed by atoms with van der Waals surface area (Å²) in [7, 11) is 2.02. The first-order valence-electron chi connectivity index (χ1n) is 6.72. The predicted octanol–water partition coefficient (Wildman–Crippen LogP) is 1.60. The molecule has 0 aliphatic carbocycles. The number of benzene rings is 1. The summed E-state index contributed by atoms with van der Waals surface area (Å²) in [6.07, 6.45) is 1.01. The number of carbonyl (C=O) groups excluding carboxylic acids is 1. The molecule has 114 valence electrons. The van der Waals surface area contributed by atoms with Crippen LogP contribution >= 0.6 is 0 Å². The van der Waals surface area contributed by atoms with E-state index in [2.05, 4.69) is 15.5 Å². The summed E-state index contributed by atoms with van der Waals surface area (Å²) in [5, 5.41) is 13.9. The van der Waals surface area contributed by atoms with Crippen LogP contribution < -0.4 is 10.6 Å². The second kappa shape index (κ2) is 6.53. The average molecular weight is 295 g/mol. The summed E-state index contributed by atoms with van der Waals surface area (Å²) in [6, 6.07) is 2.73. The summed E-state index contributed by atoms with van der Waals surface area (Å²) >= 11 is 0. The van der Waals surface area contributed by atoms with E-state index in [4.69, 9.17) is 5.11 Å². The summed E-state index contributed by atoms with van der Waals surface area (Å²) < 4.78 is 13.5. The molecule has 1 heterocycles. The number of nitrogens with one attached hydrogen (secondary N) is 2. The molecule has 1 aliphatic heterocycles. The van der Waals surface area contributed by atoms with Gasteiger partial charge in [-0.15, -0.1) is 0 Å². The van der Waals surface area contributed by atoms with E-state index < -0.39 is 17.8 Å². The van der Waals surface area contributed by atoms with Crippen molar-refractivity contribution in [3.63, 3.8) is 0 Å². The fourth-order valence-corrected chi connectivity index (χ4v) is 2.35. The van der Waals surface area contributed by atoms with E-state index in [0.717, 1.165) is 37.7 Å². The molecule has 21 heavy (non-hydrogen) atoms. The Balaban J connectivity index is 1.90. The highest BCUT2D eigenvalue weighted by atomic mass is 19.1. The van der Waals surface area contributed by atoms with Gasteiger partial charge in [-0.3, -0.25) is 0 Å². The van der Waals surface area contributed by atoms with Crippen LogP contribution in [-0.4, -0.2) is 48.7 Å². The molecule has 0 saturated carbocycles. The lowest BCUT2D eigenvalue weighted by atomic mass is 10.1. The van der Waals surface area contributed by atoms with Crippen molar-refractivity contribution >= 4 is 17.7 Å². The smallest absolute Gasteiger partial charge is 0.335 e. The van der Waals surface area contributed by atoms with Crippen LogP contribution in [0.4, 0.5) is 14.9 Å². The SMILES string of the molecule is CN1CCC(CNC(=O)Nc2cc(C(=O)O)ccc2F)C1. The van der Waals surface area contributed by atoms with Gasteiger partial charge in [-0.2, -0.15) is 0 Å². The third-order valence-electron chi connectivity index (χ3n) is 3.50. The first kappa shape index (κ1) is 15.2. The van der Waals surface area contributed by atoms with Crippen LogP contribution in [0.3, 0.4) is 0 Å². The summed E-state index contributed by atoms with van der Waals surface area (Å²) in [6.45, 7) is 2.43. The number of carbonyl (C=O) groups is 2. The molecule has 0 aromatic heterocycles. The van der Waals surface area contributed by atoms with Crippen molar-refractivity contribution in [2.24, 2.45) is 5.92 Å². The van der Waals surface area contributed by atoms with Crippen LogP contribution in [0.15, 0.2) is 18.2 Å². The van der Waals surface area contributed by atoms with Crippen molar-refractivity contribution < 1.29 is 19.1 Å². The Morgan fingerprint density at radius 3 is 2.86 bits per heavy atom. The maximum Gasteiger partial charge on any atom is 0.335 e. The van der Waals surface area contributed by atoms with Gasteiger partial charge in [-0.1, -0.05) is 0 Å². The zero-order chi connectivity index (χ0) is 15.4. The fourth-order valence-electron chi connectivity index (χ4n) is 2.35. The number of urea groups is 1. The number of rotatable bonds is 4. The van der Waals surface area contributed by atoms with Crippen molar-refractivity contribution in [2.45, 2.75) is 6.42 Å². The van der Waals surface area contributed by atoms with Crippen molar-refractivity contribution in [1.29, 1.82) is 0 Å². The number of carboxylic acid groups (broad SMARTS) is 1. The monoisotopic (exact) mass is 295 g/mol. The van der Waals surface area contributed by atoms with Crippen LogP contribution in [0.2, 0.25) is 0 Å². The molecule has 7 heteroatoms. The molecule has 1 unspecified atom stereocenters. The van der Waals surface area contributed by atoms with Gasteiger partial charge in [-0.05, 0) is 44.1 Å². The van der Waals surface area contributed by atoms with Crippen molar-refractivity contribution in [2.75, 3.05) is 32.0 Å². The molecular formula is C14H18FN3O3. The molecule has 0 radical (unpaired) electrons. The van der Waals surface area contributed by atoms with Crippen LogP contribution in [0.1, 0.15) is 16.8 Å². The van der Waals surface area contributed by atoms with Gasteiger partial charge in [0.25, 0.3) is 0 Å². The number of hydrogen-bond donors (Lipinski definition) is 3. The molecule has 0 bridgehead atoms. The highest BCUT2D eigenvalue weighted by molar-refractivity contribution is 5.93. The van der Waals surface area contributed by atoms with E-state index in [0.29, 0.717) is 12.5 Å². The molecule has 3 N–H and O–H groups in total. The molecule has 1 fully saturated rings. The van der Waals surface area contributed by atoms with E-state index in [1.54, 1.807) is 0 Å². The number of anilines is 1. The first-order chi connectivity index (χ1) is 9.95. The molecule has 1 aliphatic rings. The molecule has 1 aromatic rings. The normalized spacial score (nSPS) is 18.5. The van der Waals surface area contributed by atoms with Gasteiger partial charge in [0.05, 0.1) is 11.3 Å². The van der Waals surface area contributed by atoms with Crippen LogP contribution in [0.5, 0.6) is 0 Å². The quantitative estimate of drug-likeness (QED) is 0.788. The molecule has 1 atom stereocenters. The number of carboxylic acids is 1. The average Bonchev–Trinajstić information content (AvgIpc) is 2.84. The van der Waals surface area contributed by atoms with Gasteiger partial charge in [0, 0.05) is 13.1 Å². The number of likely N-dealkylation sites (tertiary alicyclic amines) is 1. The number of hydrogen-bond acceptors (Lipinski definition) is 3. The topological polar surface area (TPSA) is 81.7 Å². The van der Waals surface area contributed by atoms with E-state index >= 15 is 0 Å². The van der Waals surface area contributed by atoms with Crippen molar-refractivity contribution in [1.82, 2.24) is 10.2 Å². The van der Waals surface area contributed by atoms with Gasteiger partial charge < -0.3 is 20.6 Å². The van der Waals surface area contributed by atoms with Crippen LogP contribution in [-0.2, 0) is 0 Å². The van der Waals surface area contributed by atoms with Crippen molar-refractivity contribution in [3.05, 3.63) is 29.6 Å². The minimum absolute atomic E-state index is 0.0795. The number of aromatic carboxylic acids is 1. The lowest BCUT2D eigenvalue weighted by Crippen LogP contribution is -2.34. The Morgan fingerprint density at radius 2 is 2.24 bits per heavy atom. The highest BCUT2D eigenvalue weighted by Crippen LogP contribution is 2.16. The predicted molar refractivity (Wildman–Crippen MR) is 76.0 cm³/mol. The van der Waals surface area contributed by atoms with E-state index in [-0.39, 0.29) is 11.3 Å². The van der Waals surface area contributed by atoms with Gasteiger partial charge in [-0.25, -0.2) is 14.0 Å². The lowest BCUT2D eigenvalue weighted by molar-refractivity contribution is 0.0697. The molecule has 1 saturated heterocycles. The molecule has 6 nitrogen and oxygen atoms in total. The van der Waals surface area contributed by atoms with E-state index in [1.807, 2.05) is 7.05 Å². The third kappa shape index (κ3) is 4.16. The Morgan fingerprint density at radius 1 is 1.48 bits per heavy atom. The molecule has 0 spiro atoms. The fraction of sp³-hybridized carbons (Fsp3) is 0.429. The lowest BCUT2D eigenvalue weighted by Gasteiger charge is -2.13. The summed E-state index contributed by atoms with van der Waals surface area (Å²) in [5.41, 5.74) is -0.222. The summed E-state index contributed by atoms with van der Waals surface area (Å²) in [5.74, 6) is -1.46. The Bertz CT molecular complexity index is 550. The van der Waals surface area contributed by atoms with Crippen LogP contribution in [0, 0.1) is 11.7 Å². The zero-order valence-corrected chi connectivity index (χ0v) is 11.7. The highest BCUT2D eigenvalue weighted by Gasteiger charge is 2.20. The Kier molecular flexibility index (Phi) is 4.74. The maximum atomic E-state index is 13.5. The third-order valence-corrected chi connectivity index (χ3v) is 3.50. The zero-order valence-electron chi connectivity index (χ0n) is 11.7. The molecule has 2 amide bonds. The largest absolute Gasteiger partial charge is 0.478 e. The van der Waals surface area contributed by atoms with E-state index in [9.17, 15) is 14.0 Å². The number of amides is 2. The van der Waals surface area contributed by atoms with Gasteiger partial charge >= 0.3 is 12.0 Å². The second-order valence-corrected chi connectivity index (χ2v) is 5.25. The standard InChI is InChI=1S/C14H18FN3O3/c1-18-5-4-9(8-18)7-16-14(21)17-12-6-10(13(19)20)2-3-11(12)15/h2-3,6,9H,4-5,7-8H2,1H3,(H,19,20)(H2,16,17,21). The Labute approximate surface area is 121 Å². The number of halogens is 1. The van der Waals surface area contributed by atoms with Gasteiger partial charge in [0.15, 0.2) is 0 Å². The first-order valence-corrected chi connectivity index (χ1v) is 6.72. The van der Waals surface area contributed by atoms with Crippen LogP contribution in [0.25, 0.3) is 0 Å². The molecule has 1 aromatic carbocycles. The van der Waals surface area contributed by atoms with E-state index in [1.165, 1.54) is 0 Å². The maximum absolute atomic E-state index is 13.5. The minimum Gasteiger partial charge on any atom is -0.478 e. The van der Waals surface area contributed by atoms with Gasteiger partial charge in [0.2, 0.25) is 0 Å². The molecule has 2 rings (SSSR count). The number of nitrogens with zero attached hydrogens (tertiary/aromatic N) is 1.